The maximum Gasteiger partial charge on any atom is 0.339 e. The van der Waals surface area contributed by atoms with Gasteiger partial charge < -0.3 is 23.8 Å². The number of esters is 1. The molecule has 0 unspecified atom stereocenters. The summed E-state index contributed by atoms with van der Waals surface area (Å²) in [6, 6.07) is 10.9. The lowest BCUT2D eigenvalue weighted by Gasteiger charge is -2.26. The highest BCUT2D eigenvalue weighted by molar-refractivity contribution is 6.01. The van der Waals surface area contributed by atoms with Gasteiger partial charge in [0.2, 0.25) is 5.75 Å². The van der Waals surface area contributed by atoms with Gasteiger partial charge in [-0.2, -0.15) is 0 Å². The molecule has 0 spiro atoms. The third-order valence-electron chi connectivity index (χ3n) is 5.14. The Hall–Kier alpha value is -3.22. The van der Waals surface area contributed by atoms with Gasteiger partial charge in [0.15, 0.2) is 17.6 Å². The van der Waals surface area contributed by atoms with Crippen LogP contribution in [0.5, 0.6) is 17.2 Å². The van der Waals surface area contributed by atoms with Crippen molar-refractivity contribution in [3.63, 3.8) is 0 Å². The van der Waals surface area contributed by atoms with E-state index in [2.05, 4.69) is 0 Å². The lowest BCUT2D eigenvalue weighted by atomic mass is 10.1. The molecule has 2 atom stereocenters. The number of nitrogens with zero attached hydrogens (tertiary/aromatic N) is 1. The predicted molar refractivity (Wildman–Crippen MR) is 106 cm³/mol. The number of fused-ring (bicyclic) bond motifs is 2. The van der Waals surface area contributed by atoms with E-state index >= 15 is 0 Å². The highest BCUT2D eigenvalue weighted by Gasteiger charge is 2.35. The zero-order valence-corrected chi connectivity index (χ0v) is 16.6. The topological polar surface area (TPSA) is 74.3 Å². The monoisotopic (exact) mass is 397 g/mol. The molecule has 0 saturated heterocycles. The van der Waals surface area contributed by atoms with Gasteiger partial charge >= 0.3 is 5.97 Å². The van der Waals surface area contributed by atoms with Crippen LogP contribution in [0.1, 0.15) is 29.8 Å². The second-order valence-electron chi connectivity index (χ2n) is 7.14. The van der Waals surface area contributed by atoms with E-state index in [0.717, 1.165) is 17.7 Å². The van der Waals surface area contributed by atoms with E-state index in [9.17, 15) is 9.59 Å². The van der Waals surface area contributed by atoms with Crippen molar-refractivity contribution in [2.75, 3.05) is 25.2 Å². The number of anilines is 1. The first-order chi connectivity index (χ1) is 14.0. The van der Waals surface area contributed by atoms with Gasteiger partial charge in [0.1, 0.15) is 13.2 Å². The first kappa shape index (κ1) is 19.1. The Morgan fingerprint density at radius 2 is 1.93 bits per heavy atom. The first-order valence-electron chi connectivity index (χ1n) is 9.59. The second kappa shape index (κ2) is 7.66. The van der Waals surface area contributed by atoms with Crippen molar-refractivity contribution in [2.24, 2.45) is 0 Å². The minimum absolute atomic E-state index is 0.00967. The third kappa shape index (κ3) is 3.48. The number of rotatable bonds is 4. The van der Waals surface area contributed by atoms with Gasteiger partial charge in [0.05, 0.1) is 12.7 Å². The maximum absolute atomic E-state index is 13.0. The molecular weight excluding hydrogens is 374 g/mol. The number of hydrogen-bond donors (Lipinski definition) is 0. The Kier molecular flexibility index (Phi) is 5.05. The van der Waals surface area contributed by atoms with Crippen molar-refractivity contribution >= 4 is 17.6 Å². The Labute approximate surface area is 169 Å². The number of hydrogen-bond acceptors (Lipinski definition) is 6. The Balaban J connectivity index is 1.52. The van der Waals surface area contributed by atoms with E-state index < -0.39 is 12.1 Å². The van der Waals surface area contributed by atoms with Crippen LogP contribution < -0.4 is 19.1 Å². The SMILES string of the molecule is COc1cc(C(=O)O[C@@H](C)C(=O)N2c3ccccc3C[C@H]2C)cc2c1OCCO2. The fraction of sp³-hybridized carbons (Fsp3) is 0.364. The molecule has 0 radical (unpaired) electrons. The van der Waals surface area contributed by atoms with Gasteiger partial charge in [-0.3, -0.25) is 4.79 Å². The second-order valence-corrected chi connectivity index (χ2v) is 7.14. The van der Waals surface area contributed by atoms with Crippen molar-refractivity contribution in [2.45, 2.75) is 32.4 Å². The standard InChI is InChI=1S/C22H23NO6/c1-13-10-15-6-4-5-7-17(15)23(13)21(24)14(2)29-22(25)16-11-18(26-3)20-19(12-16)27-8-9-28-20/h4-7,11-14H,8-10H2,1-3H3/t13-,14+/m1/s1. The molecule has 2 aliphatic heterocycles. The highest BCUT2D eigenvalue weighted by Crippen LogP contribution is 2.40. The van der Waals surface area contributed by atoms with Gasteiger partial charge in [-0.1, -0.05) is 18.2 Å². The van der Waals surface area contributed by atoms with Crippen molar-refractivity contribution in [1.82, 2.24) is 0 Å². The number of methoxy groups -OCH3 is 1. The summed E-state index contributed by atoms with van der Waals surface area (Å²) in [6.07, 6.45) is -0.155. The number of amides is 1. The minimum Gasteiger partial charge on any atom is -0.493 e. The van der Waals surface area contributed by atoms with Crippen LogP contribution in [0.4, 0.5) is 5.69 Å². The molecule has 0 fully saturated rings. The third-order valence-corrected chi connectivity index (χ3v) is 5.14. The van der Waals surface area contributed by atoms with E-state index in [1.54, 1.807) is 17.9 Å². The van der Waals surface area contributed by atoms with E-state index in [-0.39, 0.29) is 17.5 Å². The summed E-state index contributed by atoms with van der Waals surface area (Å²) < 4.78 is 21.9. The number of carbonyl (C=O) groups excluding carboxylic acids is 2. The summed E-state index contributed by atoms with van der Waals surface area (Å²) in [4.78, 5) is 27.4. The van der Waals surface area contributed by atoms with E-state index in [1.165, 1.54) is 13.2 Å². The summed E-state index contributed by atoms with van der Waals surface area (Å²) >= 11 is 0. The molecule has 4 rings (SSSR count). The van der Waals surface area contributed by atoms with Crippen LogP contribution in [-0.2, 0) is 16.0 Å². The molecular formula is C22H23NO6. The van der Waals surface area contributed by atoms with Crippen LogP contribution in [0.3, 0.4) is 0 Å². The fourth-order valence-corrected chi connectivity index (χ4v) is 3.77. The van der Waals surface area contributed by atoms with Crippen LogP contribution >= 0.6 is 0 Å². The zero-order valence-electron chi connectivity index (χ0n) is 16.6. The number of para-hydroxylation sites is 1. The number of benzene rings is 2. The van der Waals surface area contributed by atoms with Crippen LogP contribution in [-0.4, -0.2) is 44.3 Å². The molecule has 0 aromatic heterocycles. The average Bonchev–Trinajstić information content (AvgIpc) is 3.07. The molecule has 1 amide bonds. The van der Waals surface area contributed by atoms with E-state index in [4.69, 9.17) is 18.9 Å². The molecule has 2 aliphatic rings. The molecule has 0 bridgehead atoms. The van der Waals surface area contributed by atoms with Gasteiger partial charge in [0.25, 0.3) is 5.91 Å². The van der Waals surface area contributed by atoms with Crippen LogP contribution in [0, 0.1) is 0 Å². The molecule has 0 N–H and O–H groups in total. The highest BCUT2D eigenvalue weighted by atomic mass is 16.6. The average molecular weight is 397 g/mol. The predicted octanol–water partition coefficient (Wildman–Crippen LogP) is 2.99. The summed E-state index contributed by atoms with van der Waals surface area (Å²) in [5, 5.41) is 0. The maximum atomic E-state index is 13.0. The van der Waals surface area contributed by atoms with Crippen molar-refractivity contribution in [3.8, 4) is 17.2 Å². The van der Waals surface area contributed by atoms with Crippen LogP contribution in [0.15, 0.2) is 36.4 Å². The lowest BCUT2D eigenvalue weighted by Crippen LogP contribution is -2.43. The number of ether oxygens (including phenoxy) is 4. The van der Waals surface area contributed by atoms with Gasteiger partial charge in [0, 0.05) is 11.7 Å². The Morgan fingerprint density at radius 3 is 2.72 bits per heavy atom. The van der Waals surface area contributed by atoms with Crippen LogP contribution in [0.2, 0.25) is 0 Å². The molecule has 2 heterocycles. The normalized spacial score (nSPS) is 18.0. The van der Waals surface area contributed by atoms with Gasteiger partial charge in [-0.05, 0) is 44.0 Å². The van der Waals surface area contributed by atoms with Crippen molar-refractivity contribution < 1.29 is 28.5 Å². The molecule has 152 valence electrons. The Bertz CT molecular complexity index is 939. The molecule has 0 aliphatic carbocycles. The van der Waals surface area contributed by atoms with E-state index in [0.29, 0.717) is 30.5 Å². The summed E-state index contributed by atoms with van der Waals surface area (Å²) in [5.74, 6) is 0.391. The summed E-state index contributed by atoms with van der Waals surface area (Å²) in [7, 11) is 1.49. The molecule has 7 heteroatoms. The fourth-order valence-electron chi connectivity index (χ4n) is 3.77. The van der Waals surface area contributed by atoms with Crippen molar-refractivity contribution in [3.05, 3.63) is 47.5 Å². The summed E-state index contributed by atoms with van der Waals surface area (Å²) in [5.41, 5.74) is 2.22. The summed E-state index contributed by atoms with van der Waals surface area (Å²) in [6.45, 7) is 4.37. The van der Waals surface area contributed by atoms with E-state index in [1.807, 2.05) is 31.2 Å². The zero-order chi connectivity index (χ0) is 20.5. The lowest BCUT2D eigenvalue weighted by molar-refractivity contribution is -0.126. The first-order valence-corrected chi connectivity index (χ1v) is 9.59. The van der Waals surface area contributed by atoms with Crippen LogP contribution in [0.25, 0.3) is 0 Å². The minimum atomic E-state index is -0.935. The molecule has 2 aromatic carbocycles. The molecule has 7 nitrogen and oxygen atoms in total. The molecule has 2 aromatic rings. The molecule has 29 heavy (non-hydrogen) atoms. The smallest absolute Gasteiger partial charge is 0.339 e. The Morgan fingerprint density at radius 1 is 1.17 bits per heavy atom. The quantitative estimate of drug-likeness (QED) is 0.739. The van der Waals surface area contributed by atoms with Gasteiger partial charge in [-0.25, -0.2) is 4.79 Å². The van der Waals surface area contributed by atoms with Crippen molar-refractivity contribution in [1.29, 1.82) is 0 Å². The molecule has 0 saturated carbocycles. The van der Waals surface area contributed by atoms with Gasteiger partial charge in [-0.15, -0.1) is 0 Å². The number of carbonyl (C=O) groups is 2. The largest absolute Gasteiger partial charge is 0.493 e.